The van der Waals surface area contributed by atoms with Gasteiger partial charge in [-0.05, 0) is 22.4 Å². The Morgan fingerprint density at radius 2 is 2.12 bits per heavy atom. The molecule has 0 amide bonds. The number of alkyl halides is 3. The molecule has 0 unspecified atom stereocenters. The van der Waals surface area contributed by atoms with E-state index in [2.05, 4.69) is 20.9 Å². The molecule has 16 heavy (non-hydrogen) atoms. The predicted octanol–water partition coefficient (Wildman–Crippen LogP) is 3.00. The molecule has 3 nitrogen and oxygen atoms in total. The highest BCUT2D eigenvalue weighted by atomic mass is 79.9. The van der Waals surface area contributed by atoms with Gasteiger partial charge in [0.05, 0.1) is 6.33 Å². The number of hydrogen-bond donors (Lipinski definition) is 0. The van der Waals surface area contributed by atoms with Gasteiger partial charge in [-0.1, -0.05) is 11.6 Å². The van der Waals surface area contributed by atoms with Crippen LogP contribution in [-0.4, -0.2) is 15.7 Å². The van der Waals surface area contributed by atoms with Crippen molar-refractivity contribution in [2.45, 2.75) is 25.6 Å². The van der Waals surface area contributed by atoms with Crippen LogP contribution in [0.1, 0.15) is 12.8 Å². The van der Waals surface area contributed by atoms with Crippen LogP contribution < -0.4 is 5.56 Å². The minimum atomic E-state index is -4.21. The number of rotatable bonds is 3. The second kappa shape index (κ2) is 5.18. The van der Waals surface area contributed by atoms with Crippen LogP contribution in [0.2, 0.25) is 5.15 Å². The Kier molecular flexibility index (Phi) is 4.37. The van der Waals surface area contributed by atoms with Gasteiger partial charge in [0.1, 0.15) is 4.47 Å². The fourth-order valence-electron chi connectivity index (χ4n) is 1.05. The van der Waals surface area contributed by atoms with Crippen molar-refractivity contribution in [1.82, 2.24) is 9.55 Å². The summed E-state index contributed by atoms with van der Waals surface area (Å²) in [7, 11) is 0. The second-order valence-electron chi connectivity index (χ2n) is 3.07. The Morgan fingerprint density at radius 3 is 2.69 bits per heavy atom. The number of hydrogen-bond acceptors (Lipinski definition) is 2. The summed E-state index contributed by atoms with van der Waals surface area (Å²) in [5.74, 6) is 0. The molecule has 0 radical (unpaired) electrons. The summed E-state index contributed by atoms with van der Waals surface area (Å²) in [6.45, 7) is -0.0406. The van der Waals surface area contributed by atoms with Gasteiger partial charge < -0.3 is 0 Å². The molecule has 1 heterocycles. The molecule has 0 aromatic carbocycles. The standard InChI is InChI=1S/C8H7BrClF3N2O/c9-5-6(10)14-4-15(7(5)16)3-1-2-8(11,12)13/h4H,1-3H2. The summed E-state index contributed by atoms with van der Waals surface area (Å²) in [4.78, 5) is 15.1. The quantitative estimate of drug-likeness (QED) is 0.803. The lowest BCUT2D eigenvalue weighted by Gasteiger charge is -2.08. The second-order valence-corrected chi connectivity index (χ2v) is 4.22. The molecule has 0 N–H and O–H groups in total. The van der Waals surface area contributed by atoms with Gasteiger partial charge in [0.15, 0.2) is 5.15 Å². The first-order chi connectivity index (χ1) is 7.31. The Balaban J connectivity index is 2.69. The van der Waals surface area contributed by atoms with E-state index in [1.807, 2.05) is 0 Å². The molecule has 1 aromatic heterocycles. The smallest absolute Gasteiger partial charge is 0.298 e. The molecule has 0 saturated carbocycles. The molecule has 1 rings (SSSR count). The predicted molar refractivity (Wildman–Crippen MR) is 56.5 cm³/mol. The third kappa shape index (κ3) is 3.79. The Hall–Kier alpha value is -0.560. The summed E-state index contributed by atoms with van der Waals surface area (Å²) in [5.41, 5.74) is -0.484. The van der Waals surface area contributed by atoms with Crippen LogP contribution in [0.25, 0.3) is 0 Å². The number of aromatic nitrogens is 2. The van der Waals surface area contributed by atoms with Crippen LogP contribution >= 0.6 is 27.5 Å². The Labute approximate surface area is 102 Å². The van der Waals surface area contributed by atoms with E-state index in [1.165, 1.54) is 0 Å². The van der Waals surface area contributed by atoms with E-state index in [-0.39, 0.29) is 22.6 Å². The van der Waals surface area contributed by atoms with Crippen molar-refractivity contribution in [3.8, 4) is 0 Å². The zero-order valence-electron chi connectivity index (χ0n) is 7.89. The third-order valence-electron chi connectivity index (χ3n) is 1.80. The normalized spacial score (nSPS) is 11.8. The molecule has 0 atom stereocenters. The van der Waals surface area contributed by atoms with Crippen LogP contribution in [0.3, 0.4) is 0 Å². The van der Waals surface area contributed by atoms with Crippen molar-refractivity contribution < 1.29 is 13.2 Å². The molecule has 0 bridgehead atoms. The largest absolute Gasteiger partial charge is 0.389 e. The van der Waals surface area contributed by atoms with Crippen molar-refractivity contribution in [2.24, 2.45) is 0 Å². The van der Waals surface area contributed by atoms with Gasteiger partial charge in [-0.3, -0.25) is 9.36 Å². The maximum atomic E-state index is 11.9. The molecule has 1 aromatic rings. The van der Waals surface area contributed by atoms with E-state index in [0.29, 0.717) is 0 Å². The molecule has 0 aliphatic carbocycles. The topological polar surface area (TPSA) is 34.9 Å². The fourth-order valence-corrected chi connectivity index (χ4v) is 1.51. The van der Waals surface area contributed by atoms with Gasteiger partial charge in [-0.25, -0.2) is 4.98 Å². The fraction of sp³-hybridized carbons (Fsp3) is 0.500. The van der Waals surface area contributed by atoms with Crippen molar-refractivity contribution >= 4 is 27.5 Å². The lowest BCUT2D eigenvalue weighted by atomic mass is 10.3. The van der Waals surface area contributed by atoms with E-state index in [0.717, 1.165) is 10.9 Å². The highest BCUT2D eigenvalue weighted by molar-refractivity contribution is 9.10. The number of aryl methyl sites for hydroxylation is 1. The van der Waals surface area contributed by atoms with Gasteiger partial charge in [0.2, 0.25) is 0 Å². The third-order valence-corrected chi connectivity index (χ3v) is 3.03. The highest BCUT2D eigenvalue weighted by Crippen LogP contribution is 2.21. The average Bonchev–Trinajstić information content (AvgIpc) is 2.16. The molecule has 0 aliphatic heterocycles. The summed E-state index contributed by atoms with van der Waals surface area (Å²) in [5, 5.41) is -0.00271. The SMILES string of the molecule is O=c1c(Br)c(Cl)ncn1CCCC(F)(F)F. The van der Waals surface area contributed by atoms with Gasteiger partial charge >= 0.3 is 6.18 Å². The minimum Gasteiger partial charge on any atom is -0.298 e. The molecular formula is C8H7BrClF3N2O. The first-order valence-electron chi connectivity index (χ1n) is 4.28. The maximum absolute atomic E-state index is 11.9. The van der Waals surface area contributed by atoms with Crippen LogP contribution in [-0.2, 0) is 6.54 Å². The van der Waals surface area contributed by atoms with Crippen molar-refractivity contribution in [3.05, 3.63) is 26.3 Å². The van der Waals surface area contributed by atoms with E-state index in [4.69, 9.17) is 11.6 Å². The first-order valence-corrected chi connectivity index (χ1v) is 5.45. The molecule has 0 fully saturated rings. The van der Waals surface area contributed by atoms with E-state index < -0.39 is 18.2 Å². The van der Waals surface area contributed by atoms with Crippen LogP contribution in [0.15, 0.2) is 15.6 Å². The van der Waals surface area contributed by atoms with Crippen molar-refractivity contribution in [3.63, 3.8) is 0 Å². The Bertz CT molecular complexity index is 432. The van der Waals surface area contributed by atoms with Gasteiger partial charge in [-0.2, -0.15) is 13.2 Å². The molecule has 0 aliphatic rings. The van der Waals surface area contributed by atoms with Crippen molar-refractivity contribution in [2.75, 3.05) is 0 Å². The zero-order chi connectivity index (χ0) is 12.3. The zero-order valence-corrected chi connectivity index (χ0v) is 10.2. The molecule has 8 heteroatoms. The highest BCUT2D eigenvalue weighted by Gasteiger charge is 2.26. The van der Waals surface area contributed by atoms with Gasteiger partial charge in [-0.15, -0.1) is 0 Å². The van der Waals surface area contributed by atoms with Crippen LogP contribution in [0.4, 0.5) is 13.2 Å². The Morgan fingerprint density at radius 1 is 1.50 bits per heavy atom. The van der Waals surface area contributed by atoms with Gasteiger partial charge in [0.25, 0.3) is 5.56 Å². The molecule has 0 saturated heterocycles. The molecule has 0 spiro atoms. The number of nitrogens with zero attached hydrogens (tertiary/aromatic N) is 2. The lowest BCUT2D eigenvalue weighted by Crippen LogP contribution is -2.22. The number of halogens is 5. The average molecular weight is 320 g/mol. The minimum absolute atomic E-state index is 0.00271. The first kappa shape index (κ1) is 13.5. The van der Waals surface area contributed by atoms with Crippen molar-refractivity contribution in [1.29, 1.82) is 0 Å². The van der Waals surface area contributed by atoms with E-state index >= 15 is 0 Å². The summed E-state index contributed by atoms with van der Waals surface area (Å²) < 4.78 is 36.8. The summed E-state index contributed by atoms with van der Waals surface area (Å²) >= 11 is 8.45. The van der Waals surface area contributed by atoms with E-state index in [1.54, 1.807) is 0 Å². The monoisotopic (exact) mass is 318 g/mol. The molecular weight excluding hydrogens is 312 g/mol. The maximum Gasteiger partial charge on any atom is 0.389 e. The van der Waals surface area contributed by atoms with Crippen LogP contribution in [0, 0.1) is 0 Å². The van der Waals surface area contributed by atoms with Gasteiger partial charge in [0, 0.05) is 13.0 Å². The summed E-state index contributed by atoms with van der Waals surface area (Å²) in [6.07, 6.45) is -4.18. The van der Waals surface area contributed by atoms with Crippen LogP contribution in [0.5, 0.6) is 0 Å². The lowest BCUT2D eigenvalue weighted by molar-refractivity contribution is -0.135. The van der Waals surface area contributed by atoms with E-state index in [9.17, 15) is 18.0 Å². The molecule has 90 valence electrons. The summed E-state index contributed by atoms with van der Waals surface area (Å²) in [6, 6.07) is 0.